The highest BCUT2D eigenvalue weighted by Gasteiger charge is 2.01. The molecule has 0 radical (unpaired) electrons. The molecule has 0 fully saturated rings. The molecule has 0 amide bonds. The third kappa shape index (κ3) is 3.04. The van der Waals surface area contributed by atoms with Gasteiger partial charge >= 0.3 is 0 Å². The summed E-state index contributed by atoms with van der Waals surface area (Å²) in [4.78, 5) is 5.03. The standard InChI is InChI=1S/C11H14ClNO/c1-3-11(13-14-4-2)9-5-7-10(12)8-6-9/h5-8H,3-4H2,1-2H3/b13-11+. The second kappa shape index (κ2) is 5.66. The SMILES string of the molecule is CCO/N=C(\CC)c1ccc(Cl)cc1. The molecular formula is C11H14ClNO. The van der Waals surface area contributed by atoms with Gasteiger partial charge in [0, 0.05) is 5.02 Å². The highest BCUT2D eigenvalue weighted by atomic mass is 35.5. The Morgan fingerprint density at radius 3 is 2.43 bits per heavy atom. The van der Waals surface area contributed by atoms with Gasteiger partial charge < -0.3 is 4.84 Å². The minimum Gasteiger partial charge on any atom is -0.396 e. The molecule has 1 rings (SSSR count). The fourth-order valence-corrected chi connectivity index (χ4v) is 1.23. The van der Waals surface area contributed by atoms with Crippen molar-refractivity contribution in [3.05, 3.63) is 34.9 Å². The topological polar surface area (TPSA) is 21.6 Å². The molecule has 3 heteroatoms. The van der Waals surface area contributed by atoms with Crippen molar-refractivity contribution in [2.45, 2.75) is 20.3 Å². The lowest BCUT2D eigenvalue weighted by molar-refractivity contribution is 0.158. The van der Waals surface area contributed by atoms with E-state index in [-0.39, 0.29) is 0 Å². The van der Waals surface area contributed by atoms with Gasteiger partial charge in [-0.3, -0.25) is 0 Å². The van der Waals surface area contributed by atoms with E-state index in [4.69, 9.17) is 16.4 Å². The van der Waals surface area contributed by atoms with Gasteiger partial charge in [-0.05, 0) is 31.0 Å². The fourth-order valence-electron chi connectivity index (χ4n) is 1.11. The van der Waals surface area contributed by atoms with Crippen LogP contribution in [0.5, 0.6) is 0 Å². The summed E-state index contributed by atoms with van der Waals surface area (Å²) in [5.41, 5.74) is 2.01. The molecule has 1 aromatic carbocycles. The highest BCUT2D eigenvalue weighted by molar-refractivity contribution is 6.30. The van der Waals surface area contributed by atoms with E-state index in [1.165, 1.54) is 0 Å². The molecule has 0 unspecified atom stereocenters. The average molecular weight is 212 g/mol. The van der Waals surface area contributed by atoms with Crippen LogP contribution in [0, 0.1) is 0 Å². The molecule has 0 saturated heterocycles. The van der Waals surface area contributed by atoms with E-state index in [9.17, 15) is 0 Å². The van der Waals surface area contributed by atoms with Crippen molar-refractivity contribution in [1.82, 2.24) is 0 Å². The number of halogens is 1. The van der Waals surface area contributed by atoms with Crippen LogP contribution in [0.2, 0.25) is 5.02 Å². The molecule has 0 N–H and O–H groups in total. The molecule has 0 aliphatic carbocycles. The van der Waals surface area contributed by atoms with Crippen LogP contribution in [0.4, 0.5) is 0 Å². The molecule has 1 aromatic rings. The van der Waals surface area contributed by atoms with E-state index in [1.54, 1.807) is 0 Å². The van der Waals surface area contributed by atoms with Gasteiger partial charge in [0.15, 0.2) is 0 Å². The minimum atomic E-state index is 0.594. The van der Waals surface area contributed by atoms with E-state index in [2.05, 4.69) is 5.16 Å². The van der Waals surface area contributed by atoms with Crippen LogP contribution in [0.1, 0.15) is 25.8 Å². The molecule has 0 aromatic heterocycles. The first-order valence-electron chi connectivity index (χ1n) is 4.72. The Morgan fingerprint density at radius 1 is 1.29 bits per heavy atom. The molecule has 2 nitrogen and oxygen atoms in total. The van der Waals surface area contributed by atoms with Crippen LogP contribution in [-0.4, -0.2) is 12.3 Å². The van der Waals surface area contributed by atoms with Crippen molar-refractivity contribution >= 4 is 17.3 Å². The number of nitrogens with zero attached hydrogens (tertiary/aromatic N) is 1. The Balaban J connectivity index is 2.84. The molecule has 0 bridgehead atoms. The molecule has 0 atom stereocenters. The van der Waals surface area contributed by atoms with E-state index in [1.807, 2.05) is 38.1 Å². The predicted octanol–water partition coefficient (Wildman–Crippen LogP) is 3.49. The quantitative estimate of drug-likeness (QED) is 0.552. The third-order valence-corrected chi connectivity index (χ3v) is 2.07. The lowest BCUT2D eigenvalue weighted by Crippen LogP contribution is -2.00. The number of rotatable bonds is 4. The van der Waals surface area contributed by atoms with E-state index in [0.717, 1.165) is 22.7 Å². The van der Waals surface area contributed by atoms with Gasteiger partial charge in [0.2, 0.25) is 0 Å². The molecule has 0 aliphatic rings. The van der Waals surface area contributed by atoms with Crippen molar-refractivity contribution in [2.24, 2.45) is 5.16 Å². The van der Waals surface area contributed by atoms with Crippen molar-refractivity contribution in [2.75, 3.05) is 6.61 Å². The van der Waals surface area contributed by atoms with Gasteiger partial charge in [0.25, 0.3) is 0 Å². The van der Waals surface area contributed by atoms with Crippen molar-refractivity contribution in [1.29, 1.82) is 0 Å². The summed E-state index contributed by atoms with van der Waals surface area (Å²) in [5, 5.41) is 4.77. The summed E-state index contributed by atoms with van der Waals surface area (Å²) < 4.78 is 0. The third-order valence-electron chi connectivity index (χ3n) is 1.82. The maximum atomic E-state index is 5.79. The zero-order valence-electron chi connectivity index (χ0n) is 8.46. The maximum absolute atomic E-state index is 5.79. The second-order valence-electron chi connectivity index (χ2n) is 2.82. The first-order chi connectivity index (χ1) is 6.77. The maximum Gasteiger partial charge on any atom is 0.114 e. The summed E-state index contributed by atoms with van der Waals surface area (Å²) in [6.07, 6.45) is 0.849. The van der Waals surface area contributed by atoms with Gasteiger partial charge in [-0.25, -0.2) is 0 Å². The Bertz CT molecular complexity index is 306. The molecule has 76 valence electrons. The normalized spacial score (nSPS) is 11.5. The van der Waals surface area contributed by atoms with Gasteiger partial charge in [-0.2, -0.15) is 0 Å². The van der Waals surface area contributed by atoms with Crippen molar-refractivity contribution in [3.8, 4) is 0 Å². The summed E-state index contributed by atoms with van der Waals surface area (Å²) in [5.74, 6) is 0. The minimum absolute atomic E-state index is 0.594. The van der Waals surface area contributed by atoms with E-state index < -0.39 is 0 Å². The van der Waals surface area contributed by atoms with E-state index >= 15 is 0 Å². The lowest BCUT2D eigenvalue weighted by Gasteiger charge is -2.03. The Morgan fingerprint density at radius 2 is 1.93 bits per heavy atom. The summed E-state index contributed by atoms with van der Waals surface area (Å²) >= 11 is 5.79. The molecule has 0 heterocycles. The van der Waals surface area contributed by atoms with Crippen LogP contribution in [0.25, 0.3) is 0 Å². The molecule has 0 aliphatic heterocycles. The molecular weight excluding hydrogens is 198 g/mol. The van der Waals surface area contributed by atoms with Crippen LogP contribution < -0.4 is 0 Å². The molecule has 0 spiro atoms. The summed E-state index contributed by atoms with van der Waals surface area (Å²) in [7, 11) is 0. The van der Waals surface area contributed by atoms with Crippen LogP contribution in [-0.2, 0) is 4.84 Å². The Labute approximate surface area is 89.5 Å². The number of hydrogen-bond donors (Lipinski definition) is 0. The molecule has 0 saturated carbocycles. The van der Waals surface area contributed by atoms with Crippen molar-refractivity contribution < 1.29 is 4.84 Å². The largest absolute Gasteiger partial charge is 0.396 e. The zero-order chi connectivity index (χ0) is 10.4. The van der Waals surface area contributed by atoms with Gasteiger partial charge in [-0.1, -0.05) is 35.8 Å². The number of hydrogen-bond acceptors (Lipinski definition) is 2. The number of oxime groups is 1. The first-order valence-corrected chi connectivity index (χ1v) is 5.10. The Kier molecular flexibility index (Phi) is 4.47. The lowest BCUT2D eigenvalue weighted by atomic mass is 10.1. The molecule has 14 heavy (non-hydrogen) atoms. The first kappa shape index (κ1) is 11.1. The van der Waals surface area contributed by atoms with Crippen LogP contribution in [0.3, 0.4) is 0 Å². The monoisotopic (exact) mass is 211 g/mol. The summed E-state index contributed by atoms with van der Waals surface area (Å²) in [6.45, 7) is 4.56. The van der Waals surface area contributed by atoms with Crippen LogP contribution in [0.15, 0.2) is 29.4 Å². The Hall–Kier alpha value is -1.02. The predicted molar refractivity (Wildman–Crippen MR) is 59.9 cm³/mol. The number of benzene rings is 1. The highest BCUT2D eigenvalue weighted by Crippen LogP contribution is 2.11. The second-order valence-corrected chi connectivity index (χ2v) is 3.25. The van der Waals surface area contributed by atoms with Gasteiger partial charge in [0.1, 0.15) is 6.61 Å². The van der Waals surface area contributed by atoms with Gasteiger partial charge in [0.05, 0.1) is 5.71 Å². The van der Waals surface area contributed by atoms with Gasteiger partial charge in [-0.15, -0.1) is 0 Å². The van der Waals surface area contributed by atoms with Crippen LogP contribution >= 0.6 is 11.6 Å². The zero-order valence-corrected chi connectivity index (χ0v) is 9.21. The smallest absolute Gasteiger partial charge is 0.114 e. The summed E-state index contributed by atoms with van der Waals surface area (Å²) in [6, 6.07) is 7.61. The fraction of sp³-hybridized carbons (Fsp3) is 0.364. The van der Waals surface area contributed by atoms with E-state index in [0.29, 0.717) is 6.61 Å². The average Bonchev–Trinajstić information content (AvgIpc) is 2.21. The van der Waals surface area contributed by atoms with Crippen molar-refractivity contribution in [3.63, 3.8) is 0 Å².